The molecule has 94 valence electrons. The summed E-state index contributed by atoms with van der Waals surface area (Å²) in [6, 6.07) is 3.06. The van der Waals surface area contributed by atoms with E-state index in [9.17, 15) is 9.36 Å². The number of anilines is 1. The maximum absolute atomic E-state index is 12.2. The number of amides is 1. The molecule has 0 aromatic heterocycles. The number of carbonyl (C=O) groups is 1. The number of methoxy groups -OCH3 is 1. The van der Waals surface area contributed by atoms with Gasteiger partial charge < -0.3 is 20.4 Å². The normalized spacial score (nSPS) is 11.1. The van der Waals surface area contributed by atoms with Gasteiger partial charge in [0.25, 0.3) is 5.91 Å². The maximum Gasteiger partial charge on any atom is 0.251 e. The van der Waals surface area contributed by atoms with Crippen molar-refractivity contribution in [2.24, 2.45) is 0 Å². The lowest BCUT2D eigenvalue weighted by molar-refractivity contribution is 0.0964. The second kappa shape index (κ2) is 4.80. The Morgan fingerprint density at radius 3 is 2.41 bits per heavy atom. The van der Waals surface area contributed by atoms with Crippen molar-refractivity contribution < 1.29 is 14.1 Å². The molecule has 0 unspecified atom stereocenters. The molecule has 0 atom stereocenters. The van der Waals surface area contributed by atoms with Crippen molar-refractivity contribution >= 4 is 24.0 Å². The molecule has 1 aromatic carbocycles. The molecular formula is C11H17N2O3P. The van der Waals surface area contributed by atoms with Gasteiger partial charge in [-0.1, -0.05) is 0 Å². The lowest BCUT2D eigenvalue weighted by atomic mass is 10.1. The number of carbonyl (C=O) groups excluding carboxylic acids is 1. The maximum atomic E-state index is 12.2. The van der Waals surface area contributed by atoms with Crippen LogP contribution in [0.1, 0.15) is 10.4 Å². The van der Waals surface area contributed by atoms with E-state index in [0.717, 1.165) is 0 Å². The van der Waals surface area contributed by atoms with Gasteiger partial charge in [-0.3, -0.25) is 4.79 Å². The minimum atomic E-state index is -2.58. The first-order valence-electron chi connectivity index (χ1n) is 5.06. The number of hydrogen-bond acceptors (Lipinski definition) is 4. The van der Waals surface area contributed by atoms with Crippen LogP contribution in [0, 0.1) is 0 Å². The molecule has 0 saturated carbocycles. The Labute approximate surface area is 101 Å². The fourth-order valence-corrected chi connectivity index (χ4v) is 2.70. The summed E-state index contributed by atoms with van der Waals surface area (Å²) in [6.45, 7) is 3.20. The van der Waals surface area contributed by atoms with E-state index in [1.54, 1.807) is 19.4 Å². The standard InChI is InChI=1S/C11H17N2O3P/c1-13-11(14)7-5-8(12)9(16-2)6-10(7)17(3,4)15/h5-6H,12H2,1-4H3,(H,13,14). The van der Waals surface area contributed by atoms with Crippen molar-refractivity contribution in [3.63, 3.8) is 0 Å². The molecule has 0 saturated heterocycles. The van der Waals surface area contributed by atoms with Gasteiger partial charge in [0.05, 0.1) is 18.4 Å². The molecule has 0 fully saturated rings. The minimum absolute atomic E-state index is 0.307. The van der Waals surface area contributed by atoms with Crippen molar-refractivity contribution in [2.45, 2.75) is 0 Å². The predicted octanol–water partition coefficient (Wildman–Crippen LogP) is 0.885. The highest BCUT2D eigenvalue weighted by atomic mass is 31.2. The SMILES string of the molecule is CNC(=O)c1cc(N)c(OC)cc1P(C)(C)=O. The molecule has 1 rings (SSSR count). The number of hydrogen-bond donors (Lipinski definition) is 2. The molecule has 5 nitrogen and oxygen atoms in total. The van der Waals surface area contributed by atoms with Gasteiger partial charge in [-0.05, 0) is 25.5 Å². The number of nitrogens with one attached hydrogen (secondary N) is 1. The first-order valence-corrected chi connectivity index (χ1v) is 7.66. The van der Waals surface area contributed by atoms with Crippen molar-refractivity contribution in [3.8, 4) is 5.75 Å². The molecule has 0 heterocycles. The predicted molar refractivity (Wildman–Crippen MR) is 69.9 cm³/mol. The van der Waals surface area contributed by atoms with Crippen molar-refractivity contribution in [3.05, 3.63) is 17.7 Å². The minimum Gasteiger partial charge on any atom is -0.495 e. The van der Waals surface area contributed by atoms with Gasteiger partial charge in [-0.15, -0.1) is 0 Å². The molecule has 0 spiro atoms. The van der Waals surface area contributed by atoms with Crippen LogP contribution < -0.4 is 21.1 Å². The van der Waals surface area contributed by atoms with Gasteiger partial charge in [-0.25, -0.2) is 0 Å². The van der Waals surface area contributed by atoms with E-state index in [-0.39, 0.29) is 5.91 Å². The summed E-state index contributed by atoms with van der Waals surface area (Å²) in [4.78, 5) is 11.7. The van der Waals surface area contributed by atoms with E-state index in [0.29, 0.717) is 22.3 Å². The zero-order valence-electron chi connectivity index (χ0n) is 10.4. The number of ether oxygens (including phenoxy) is 1. The summed E-state index contributed by atoms with van der Waals surface area (Å²) >= 11 is 0. The largest absolute Gasteiger partial charge is 0.495 e. The average molecular weight is 256 g/mol. The van der Waals surface area contributed by atoms with E-state index in [1.165, 1.54) is 20.2 Å². The number of rotatable bonds is 3. The van der Waals surface area contributed by atoms with Crippen LogP contribution in [0.5, 0.6) is 5.75 Å². The fraction of sp³-hybridized carbons (Fsp3) is 0.364. The van der Waals surface area contributed by atoms with Crippen LogP contribution in [0.15, 0.2) is 12.1 Å². The Bertz CT molecular complexity index is 494. The van der Waals surface area contributed by atoms with E-state index in [2.05, 4.69) is 5.32 Å². The summed E-state index contributed by atoms with van der Waals surface area (Å²) in [5.74, 6) is 0.120. The Morgan fingerprint density at radius 1 is 1.41 bits per heavy atom. The van der Waals surface area contributed by atoms with Crippen LogP contribution in [-0.2, 0) is 4.57 Å². The monoisotopic (exact) mass is 256 g/mol. The van der Waals surface area contributed by atoms with E-state index >= 15 is 0 Å². The Kier molecular flexibility index (Phi) is 3.83. The van der Waals surface area contributed by atoms with Gasteiger partial charge in [0.15, 0.2) is 0 Å². The zero-order valence-corrected chi connectivity index (χ0v) is 11.3. The van der Waals surface area contributed by atoms with E-state index < -0.39 is 7.14 Å². The van der Waals surface area contributed by atoms with Crippen molar-refractivity contribution in [1.29, 1.82) is 0 Å². The molecule has 3 N–H and O–H groups in total. The molecular weight excluding hydrogens is 239 g/mol. The van der Waals surface area contributed by atoms with Crippen LogP contribution in [0.4, 0.5) is 5.69 Å². The molecule has 0 radical (unpaired) electrons. The fourth-order valence-electron chi connectivity index (χ4n) is 1.52. The highest BCUT2D eigenvalue weighted by Crippen LogP contribution is 2.38. The Balaban J connectivity index is 3.53. The zero-order chi connectivity index (χ0) is 13.2. The van der Waals surface area contributed by atoms with Gasteiger partial charge in [0.1, 0.15) is 12.9 Å². The summed E-state index contributed by atoms with van der Waals surface area (Å²) in [5.41, 5.74) is 6.42. The quantitative estimate of drug-likeness (QED) is 0.621. The highest BCUT2D eigenvalue weighted by molar-refractivity contribution is 7.70. The highest BCUT2D eigenvalue weighted by Gasteiger charge is 2.22. The van der Waals surface area contributed by atoms with Gasteiger partial charge in [0.2, 0.25) is 0 Å². The number of nitrogen functional groups attached to an aromatic ring is 1. The molecule has 17 heavy (non-hydrogen) atoms. The second-order valence-electron chi connectivity index (χ2n) is 4.04. The summed E-state index contributed by atoms with van der Waals surface area (Å²) in [6.07, 6.45) is 0. The first-order chi connectivity index (χ1) is 7.81. The van der Waals surface area contributed by atoms with E-state index in [1.807, 2.05) is 0 Å². The van der Waals surface area contributed by atoms with Gasteiger partial charge in [-0.2, -0.15) is 0 Å². The summed E-state index contributed by atoms with van der Waals surface area (Å²) < 4.78 is 17.2. The molecule has 0 aliphatic heterocycles. The molecule has 1 amide bonds. The van der Waals surface area contributed by atoms with Crippen molar-refractivity contribution in [1.82, 2.24) is 5.32 Å². The van der Waals surface area contributed by atoms with Crippen LogP contribution in [-0.4, -0.2) is 33.4 Å². The topological polar surface area (TPSA) is 81.4 Å². The summed E-state index contributed by atoms with van der Waals surface area (Å²) in [7, 11) is 0.415. The lowest BCUT2D eigenvalue weighted by Crippen LogP contribution is -2.25. The molecule has 0 aliphatic rings. The third-order valence-corrected chi connectivity index (χ3v) is 3.93. The van der Waals surface area contributed by atoms with Crippen LogP contribution in [0.2, 0.25) is 0 Å². The summed E-state index contributed by atoms with van der Waals surface area (Å²) in [5, 5.41) is 2.98. The van der Waals surface area contributed by atoms with Crippen LogP contribution >= 0.6 is 7.14 Å². The number of nitrogens with two attached hydrogens (primary N) is 1. The molecule has 1 aromatic rings. The first kappa shape index (κ1) is 13.6. The average Bonchev–Trinajstić information content (AvgIpc) is 2.26. The molecule has 6 heteroatoms. The third-order valence-electron chi connectivity index (χ3n) is 2.40. The smallest absolute Gasteiger partial charge is 0.251 e. The molecule has 0 aliphatic carbocycles. The van der Waals surface area contributed by atoms with Gasteiger partial charge >= 0.3 is 0 Å². The third kappa shape index (κ3) is 2.80. The Morgan fingerprint density at radius 2 is 2.00 bits per heavy atom. The van der Waals surface area contributed by atoms with Crippen LogP contribution in [0.3, 0.4) is 0 Å². The van der Waals surface area contributed by atoms with Crippen LogP contribution in [0.25, 0.3) is 0 Å². The number of benzene rings is 1. The Hall–Kier alpha value is -1.48. The molecule has 0 bridgehead atoms. The lowest BCUT2D eigenvalue weighted by Gasteiger charge is -2.15. The van der Waals surface area contributed by atoms with E-state index in [4.69, 9.17) is 10.5 Å². The van der Waals surface area contributed by atoms with Crippen molar-refractivity contribution in [2.75, 3.05) is 33.2 Å². The second-order valence-corrected chi connectivity index (χ2v) is 7.22. The van der Waals surface area contributed by atoms with Gasteiger partial charge in [0, 0.05) is 12.4 Å².